The molecule has 1 aliphatic heterocycles. The van der Waals surface area contributed by atoms with E-state index in [9.17, 15) is 23.1 Å². The molecule has 5 rings (SSSR count). The lowest BCUT2D eigenvalue weighted by Crippen LogP contribution is -2.40. The molecule has 1 amide bonds. The lowest BCUT2D eigenvalue weighted by Gasteiger charge is -2.29. The molecule has 1 saturated heterocycles. The monoisotopic (exact) mass is 479 g/mol. The van der Waals surface area contributed by atoms with E-state index in [4.69, 9.17) is 0 Å². The van der Waals surface area contributed by atoms with Gasteiger partial charge in [-0.2, -0.15) is 13.2 Å². The lowest BCUT2D eigenvalue weighted by atomic mass is 10.0. The van der Waals surface area contributed by atoms with E-state index in [1.165, 1.54) is 17.4 Å². The maximum atomic E-state index is 13.7. The van der Waals surface area contributed by atoms with Gasteiger partial charge in [0.15, 0.2) is 0 Å². The molecule has 3 heterocycles. The third-order valence-corrected chi connectivity index (χ3v) is 7.41. The van der Waals surface area contributed by atoms with Gasteiger partial charge in [0.2, 0.25) is 5.91 Å². The van der Waals surface area contributed by atoms with Gasteiger partial charge in [0.05, 0.1) is 33.6 Å². The number of alkyl halides is 3. The normalized spacial score (nSPS) is 22.5. The van der Waals surface area contributed by atoms with Gasteiger partial charge < -0.3 is 10.0 Å². The quantitative estimate of drug-likeness (QED) is 0.589. The van der Waals surface area contributed by atoms with Gasteiger partial charge in [-0.1, -0.05) is 19.1 Å². The second-order valence-corrected chi connectivity index (χ2v) is 10.3. The highest BCUT2D eigenvalue weighted by Crippen LogP contribution is 2.41. The summed E-state index contributed by atoms with van der Waals surface area (Å²) < 4.78 is 41.5. The highest BCUT2D eigenvalue weighted by molar-refractivity contribution is 7.18. The zero-order chi connectivity index (χ0) is 23.5. The van der Waals surface area contributed by atoms with Crippen LogP contribution in [0.2, 0.25) is 0 Å². The standard InChI is InChI=1S/C22H24F3N5O2S/c1-11(2)19(30-10-16(27-28-30)12-3-4-12)21(32)29-9-14(31)8-17(29)20-26-15-7-13(22(23,24)25)5-6-18(15)33-20/h5-7,10-12,14,17,19,31H,3-4,8-9H2,1-2H3. The van der Waals surface area contributed by atoms with Crippen LogP contribution in [0.5, 0.6) is 0 Å². The number of nitrogens with zero attached hydrogens (tertiary/aromatic N) is 5. The van der Waals surface area contributed by atoms with Crippen molar-refractivity contribution < 1.29 is 23.1 Å². The number of rotatable bonds is 5. The first-order valence-electron chi connectivity index (χ1n) is 11.0. The minimum atomic E-state index is -4.45. The van der Waals surface area contributed by atoms with Crippen LogP contribution in [0.4, 0.5) is 13.2 Å². The summed E-state index contributed by atoms with van der Waals surface area (Å²) in [5.74, 6) is 0.135. The Morgan fingerprint density at radius 1 is 1.27 bits per heavy atom. The number of halogens is 3. The van der Waals surface area contributed by atoms with E-state index in [0.29, 0.717) is 15.6 Å². The number of aliphatic hydroxyl groups is 1. The van der Waals surface area contributed by atoms with E-state index in [0.717, 1.165) is 30.7 Å². The SMILES string of the molecule is CC(C)C(C(=O)N1CC(O)CC1c1nc2cc(C(F)(F)F)ccc2s1)n1cc(C2CC2)nn1. The molecule has 2 aromatic heterocycles. The number of carbonyl (C=O) groups is 1. The highest BCUT2D eigenvalue weighted by Gasteiger charge is 2.42. The number of aliphatic hydroxyl groups excluding tert-OH is 1. The van der Waals surface area contributed by atoms with Crippen LogP contribution in [-0.4, -0.2) is 48.5 Å². The van der Waals surface area contributed by atoms with Gasteiger partial charge in [-0.05, 0) is 37.0 Å². The number of hydrogen-bond acceptors (Lipinski definition) is 6. The molecule has 1 aliphatic carbocycles. The van der Waals surface area contributed by atoms with Crippen molar-refractivity contribution in [3.05, 3.63) is 40.7 Å². The summed E-state index contributed by atoms with van der Waals surface area (Å²) in [5, 5.41) is 19.3. The molecule has 0 spiro atoms. The molecule has 3 aromatic rings. The molecule has 2 fully saturated rings. The molecule has 2 aliphatic rings. The second-order valence-electron chi connectivity index (χ2n) is 9.21. The number of thiazole rings is 1. The number of benzene rings is 1. The number of likely N-dealkylation sites (tertiary alicyclic amines) is 1. The van der Waals surface area contributed by atoms with Crippen LogP contribution in [0.25, 0.3) is 10.2 Å². The van der Waals surface area contributed by atoms with Gasteiger partial charge in [-0.15, -0.1) is 16.4 Å². The zero-order valence-corrected chi connectivity index (χ0v) is 19.0. The van der Waals surface area contributed by atoms with Crippen molar-refractivity contribution in [1.82, 2.24) is 24.9 Å². The summed E-state index contributed by atoms with van der Waals surface area (Å²) in [6.45, 7) is 4.00. The summed E-state index contributed by atoms with van der Waals surface area (Å²) in [4.78, 5) is 19.7. The summed E-state index contributed by atoms with van der Waals surface area (Å²) >= 11 is 1.25. The van der Waals surface area contributed by atoms with Gasteiger partial charge in [-0.25, -0.2) is 9.67 Å². The third-order valence-electron chi connectivity index (χ3n) is 6.27. The Kier molecular flexibility index (Phi) is 5.43. The van der Waals surface area contributed by atoms with Crippen LogP contribution in [0.3, 0.4) is 0 Å². The summed E-state index contributed by atoms with van der Waals surface area (Å²) in [6.07, 6.45) is -0.918. The molecule has 0 radical (unpaired) electrons. The van der Waals surface area contributed by atoms with Crippen molar-refractivity contribution >= 4 is 27.5 Å². The largest absolute Gasteiger partial charge is 0.416 e. The Morgan fingerprint density at radius 3 is 2.70 bits per heavy atom. The van der Waals surface area contributed by atoms with Gasteiger partial charge in [0.25, 0.3) is 0 Å². The van der Waals surface area contributed by atoms with Crippen molar-refractivity contribution in [3.63, 3.8) is 0 Å². The van der Waals surface area contributed by atoms with Crippen molar-refractivity contribution in [2.24, 2.45) is 5.92 Å². The Morgan fingerprint density at radius 2 is 2.03 bits per heavy atom. The van der Waals surface area contributed by atoms with E-state index < -0.39 is 29.9 Å². The average molecular weight is 480 g/mol. The first kappa shape index (κ1) is 22.3. The number of β-amino-alcohol motifs (C(OH)–C–C–N with tert-alkyl or cyclic N) is 1. The van der Waals surface area contributed by atoms with Crippen molar-refractivity contribution in [1.29, 1.82) is 0 Å². The molecule has 0 bridgehead atoms. The molecule has 7 nitrogen and oxygen atoms in total. The first-order valence-corrected chi connectivity index (χ1v) is 11.8. The van der Waals surface area contributed by atoms with Crippen LogP contribution in [0.1, 0.15) is 67.4 Å². The van der Waals surface area contributed by atoms with Crippen molar-refractivity contribution in [3.8, 4) is 0 Å². The van der Waals surface area contributed by atoms with E-state index >= 15 is 0 Å². The van der Waals surface area contributed by atoms with Crippen molar-refractivity contribution in [2.75, 3.05) is 6.54 Å². The van der Waals surface area contributed by atoms with Gasteiger partial charge >= 0.3 is 6.18 Å². The van der Waals surface area contributed by atoms with Crippen LogP contribution < -0.4 is 0 Å². The molecular formula is C22H24F3N5O2S. The Labute approximate surface area is 192 Å². The van der Waals surface area contributed by atoms with Crippen LogP contribution in [0.15, 0.2) is 24.4 Å². The zero-order valence-electron chi connectivity index (χ0n) is 18.2. The molecule has 1 aromatic carbocycles. The minimum absolute atomic E-state index is 0.0747. The molecule has 3 unspecified atom stereocenters. The average Bonchev–Trinajstić information content (AvgIpc) is 3.15. The predicted molar refractivity (Wildman–Crippen MR) is 116 cm³/mol. The van der Waals surface area contributed by atoms with E-state index in [1.54, 1.807) is 9.58 Å². The molecule has 176 valence electrons. The van der Waals surface area contributed by atoms with Gasteiger partial charge in [0.1, 0.15) is 11.0 Å². The fraction of sp³-hybridized carbons (Fsp3) is 0.545. The lowest BCUT2D eigenvalue weighted by molar-refractivity contribution is -0.138. The van der Waals surface area contributed by atoms with Crippen LogP contribution >= 0.6 is 11.3 Å². The fourth-order valence-electron chi connectivity index (χ4n) is 4.42. The van der Waals surface area contributed by atoms with Crippen molar-refractivity contribution in [2.45, 2.75) is 63.4 Å². The Bertz CT molecular complexity index is 1190. The molecule has 1 saturated carbocycles. The molecular weight excluding hydrogens is 455 g/mol. The summed E-state index contributed by atoms with van der Waals surface area (Å²) in [5.41, 5.74) is 0.367. The smallest absolute Gasteiger partial charge is 0.391 e. The molecule has 33 heavy (non-hydrogen) atoms. The molecule has 1 N–H and O–H groups in total. The Hall–Kier alpha value is -2.53. The molecule has 3 atom stereocenters. The first-order chi connectivity index (χ1) is 15.6. The number of fused-ring (bicyclic) bond motifs is 1. The highest BCUT2D eigenvalue weighted by atomic mass is 32.1. The number of aromatic nitrogens is 4. The van der Waals surface area contributed by atoms with E-state index in [2.05, 4.69) is 15.3 Å². The predicted octanol–water partition coefficient (Wildman–Crippen LogP) is 4.32. The van der Waals surface area contributed by atoms with Crippen LogP contribution in [0, 0.1) is 5.92 Å². The maximum Gasteiger partial charge on any atom is 0.416 e. The van der Waals surface area contributed by atoms with Gasteiger partial charge in [-0.3, -0.25) is 4.79 Å². The number of hydrogen-bond donors (Lipinski definition) is 1. The molecule has 11 heteroatoms. The number of amides is 1. The maximum absolute atomic E-state index is 13.7. The second kappa shape index (κ2) is 8.05. The van der Waals surface area contributed by atoms with E-state index in [1.807, 2.05) is 20.0 Å². The minimum Gasteiger partial charge on any atom is -0.391 e. The topological polar surface area (TPSA) is 84.1 Å². The Balaban J connectivity index is 1.45. The number of carbonyl (C=O) groups excluding carboxylic acids is 1. The van der Waals surface area contributed by atoms with Crippen LogP contribution in [-0.2, 0) is 11.0 Å². The third kappa shape index (κ3) is 4.23. The van der Waals surface area contributed by atoms with Gasteiger partial charge in [0, 0.05) is 25.1 Å². The summed E-state index contributed by atoms with van der Waals surface area (Å²) in [7, 11) is 0. The van der Waals surface area contributed by atoms with E-state index in [-0.39, 0.29) is 30.3 Å². The summed E-state index contributed by atoms with van der Waals surface area (Å²) in [6, 6.07) is 2.37. The fourth-order valence-corrected chi connectivity index (χ4v) is 5.50.